The van der Waals surface area contributed by atoms with Crippen LogP contribution in [0.15, 0.2) is 47.5 Å². The van der Waals surface area contributed by atoms with E-state index in [0.29, 0.717) is 6.20 Å². The van der Waals surface area contributed by atoms with E-state index >= 15 is 0 Å². The van der Waals surface area contributed by atoms with Gasteiger partial charge in [-0.25, -0.2) is 18.2 Å². The van der Waals surface area contributed by atoms with Gasteiger partial charge in [0.05, 0.1) is 36.2 Å². The number of carbonyl (C=O) groups excluding carboxylic acids is 1. The molecule has 1 aromatic heterocycles. The summed E-state index contributed by atoms with van der Waals surface area (Å²) in [5.41, 5.74) is -0.673. The van der Waals surface area contributed by atoms with Crippen LogP contribution in [0.1, 0.15) is 15.9 Å². The molecule has 0 radical (unpaired) electrons. The van der Waals surface area contributed by atoms with E-state index in [1.165, 1.54) is 31.4 Å². The van der Waals surface area contributed by atoms with Gasteiger partial charge in [0.25, 0.3) is 0 Å². The van der Waals surface area contributed by atoms with Gasteiger partial charge < -0.3 is 9.47 Å². The number of pyridine rings is 1. The molecule has 0 bridgehead atoms. The molecule has 11 heteroatoms. The van der Waals surface area contributed by atoms with Crippen molar-refractivity contribution in [1.82, 2.24) is 9.29 Å². The maximum absolute atomic E-state index is 12.5. The third-order valence-corrected chi connectivity index (χ3v) is 5.92. The molecule has 1 aromatic carbocycles. The highest BCUT2D eigenvalue weighted by molar-refractivity contribution is 7.89. The zero-order chi connectivity index (χ0) is 20.5. The van der Waals surface area contributed by atoms with Crippen molar-refractivity contribution in [2.24, 2.45) is 0 Å². The number of methoxy groups -OCH3 is 1. The van der Waals surface area contributed by atoms with E-state index in [1.807, 2.05) is 0 Å². The molecule has 3 rings (SSSR count). The number of carbonyl (C=O) groups is 1. The number of hydrogen-bond donors (Lipinski definition) is 0. The number of hydrogen-bond acceptors (Lipinski definition) is 6. The second-order valence-electron chi connectivity index (χ2n) is 5.96. The van der Waals surface area contributed by atoms with Crippen molar-refractivity contribution in [3.05, 3.63) is 53.7 Å². The van der Waals surface area contributed by atoms with Gasteiger partial charge in [0.1, 0.15) is 6.10 Å². The van der Waals surface area contributed by atoms with E-state index in [9.17, 15) is 26.4 Å². The molecule has 1 saturated heterocycles. The Bertz CT molecular complexity index is 954. The molecule has 150 valence electrons. The number of esters is 1. The van der Waals surface area contributed by atoms with Gasteiger partial charge >= 0.3 is 12.1 Å². The Morgan fingerprint density at radius 2 is 1.79 bits per heavy atom. The van der Waals surface area contributed by atoms with Crippen LogP contribution in [0.3, 0.4) is 0 Å². The second kappa shape index (κ2) is 7.40. The topological polar surface area (TPSA) is 85.8 Å². The molecule has 0 amide bonds. The number of alkyl halides is 3. The van der Waals surface area contributed by atoms with Crippen LogP contribution in [-0.4, -0.2) is 50.0 Å². The summed E-state index contributed by atoms with van der Waals surface area (Å²) < 4.78 is 73.7. The Kier molecular flexibility index (Phi) is 5.31. The van der Waals surface area contributed by atoms with Crippen molar-refractivity contribution in [3.63, 3.8) is 0 Å². The van der Waals surface area contributed by atoms with Gasteiger partial charge in [-0.05, 0) is 30.3 Å². The molecule has 1 aliphatic heterocycles. The Morgan fingerprint density at radius 1 is 1.14 bits per heavy atom. The summed E-state index contributed by atoms with van der Waals surface area (Å²) in [4.78, 5) is 15.0. The first kappa shape index (κ1) is 20.1. The molecule has 0 atom stereocenters. The number of benzene rings is 1. The molecule has 0 aliphatic carbocycles. The number of halogens is 3. The van der Waals surface area contributed by atoms with Gasteiger partial charge in [0.2, 0.25) is 15.9 Å². The maximum Gasteiger partial charge on any atom is 0.417 e. The van der Waals surface area contributed by atoms with Crippen molar-refractivity contribution >= 4 is 16.0 Å². The lowest BCUT2D eigenvalue weighted by Crippen LogP contribution is -2.56. The SMILES string of the molecule is COC(=O)c1ccc(S(=O)(=O)N2CC(Oc3ccc(C(F)(F)F)cn3)C2)cc1. The minimum absolute atomic E-state index is 0.00579. The van der Waals surface area contributed by atoms with Crippen LogP contribution < -0.4 is 4.74 Å². The molecule has 2 aromatic rings. The first-order valence-corrected chi connectivity index (χ1v) is 9.43. The Hall–Kier alpha value is -2.66. The van der Waals surface area contributed by atoms with E-state index < -0.39 is 33.8 Å². The average Bonchev–Trinajstić information content (AvgIpc) is 2.63. The first-order chi connectivity index (χ1) is 13.1. The van der Waals surface area contributed by atoms with E-state index in [-0.39, 0.29) is 29.4 Å². The zero-order valence-electron chi connectivity index (χ0n) is 14.5. The van der Waals surface area contributed by atoms with Crippen LogP contribution in [0.25, 0.3) is 0 Å². The third-order valence-electron chi connectivity index (χ3n) is 4.08. The predicted octanol–water partition coefficient (Wildman–Crippen LogP) is 2.34. The lowest BCUT2D eigenvalue weighted by Gasteiger charge is -2.37. The molecule has 1 fully saturated rings. The molecular weight excluding hydrogens is 401 g/mol. The maximum atomic E-state index is 12.5. The summed E-state index contributed by atoms with van der Waals surface area (Å²) in [6.45, 7) is 0.0631. The van der Waals surface area contributed by atoms with Crippen LogP contribution in [0.4, 0.5) is 13.2 Å². The largest absolute Gasteiger partial charge is 0.472 e. The fourth-order valence-corrected chi connectivity index (χ4v) is 3.99. The number of nitrogens with zero attached hydrogens (tertiary/aromatic N) is 2. The van der Waals surface area contributed by atoms with E-state index in [1.54, 1.807) is 0 Å². The van der Waals surface area contributed by atoms with E-state index in [4.69, 9.17) is 4.74 Å². The van der Waals surface area contributed by atoms with E-state index in [0.717, 1.165) is 16.4 Å². The van der Waals surface area contributed by atoms with Crippen molar-refractivity contribution in [2.45, 2.75) is 17.2 Å². The van der Waals surface area contributed by atoms with Crippen LogP contribution in [0.5, 0.6) is 5.88 Å². The fraction of sp³-hybridized carbons (Fsp3) is 0.294. The smallest absolute Gasteiger partial charge is 0.417 e. The summed E-state index contributed by atoms with van der Waals surface area (Å²) in [6.07, 6.45) is -4.35. The lowest BCUT2D eigenvalue weighted by molar-refractivity contribution is -0.137. The molecule has 2 heterocycles. The van der Waals surface area contributed by atoms with Gasteiger partial charge in [0, 0.05) is 12.3 Å². The zero-order valence-corrected chi connectivity index (χ0v) is 15.3. The second-order valence-corrected chi connectivity index (χ2v) is 7.90. The van der Waals surface area contributed by atoms with Gasteiger partial charge in [-0.2, -0.15) is 17.5 Å². The molecular formula is C17H15F3N2O5S. The molecule has 0 saturated carbocycles. The fourth-order valence-electron chi connectivity index (χ4n) is 2.49. The van der Waals surface area contributed by atoms with Crippen molar-refractivity contribution in [3.8, 4) is 5.88 Å². The molecule has 0 spiro atoms. The standard InChI is InChI=1S/C17H15F3N2O5S/c1-26-16(23)11-2-5-14(6-3-11)28(24,25)22-9-13(10-22)27-15-7-4-12(8-21-15)17(18,19)20/h2-8,13H,9-10H2,1H3. The first-order valence-electron chi connectivity index (χ1n) is 7.99. The molecule has 1 aliphatic rings. The summed E-state index contributed by atoms with van der Waals surface area (Å²) in [6, 6.07) is 7.22. The van der Waals surface area contributed by atoms with E-state index in [2.05, 4.69) is 9.72 Å². The van der Waals surface area contributed by atoms with Gasteiger partial charge in [0.15, 0.2) is 0 Å². The van der Waals surface area contributed by atoms with Gasteiger partial charge in [-0.3, -0.25) is 0 Å². The minimum atomic E-state index is -4.49. The highest BCUT2D eigenvalue weighted by Crippen LogP contribution is 2.30. The average molecular weight is 416 g/mol. The molecule has 28 heavy (non-hydrogen) atoms. The Labute approximate surface area is 158 Å². The number of rotatable bonds is 5. The van der Waals surface area contributed by atoms with Gasteiger partial charge in [-0.1, -0.05) is 0 Å². The normalized spacial score (nSPS) is 15.7. The Morgan fingerprint density at radius 3 is 2.29 bits per heavy atom. The monoisotopic (exact) mass is 416 g/mol. The lowest BCUT2D eigenvalue weighted by atomic mass is 10.2. The summed E-state index contributed by atoms with van der Waals surface area (Å²) in [7, 11) is -2.55. The van der Waals surface area contributed by atoms with Crippen LogP contribution in [0, 0.1) is 0 Å². The van der Waals surface area contributed by atoms with Crippen molar-refractivity contribution < 1.29 is 35.9 Å². The minimum Gasteiger partial charge on any atom is -0.472 e. The summed E-state index contributed by atoms with van der Waals surface area (Å²) in [5, 5.41) is 0. The van der Waals surface area contributed by atoms with Crippen LogP contribution >= 0.6 is 0 Å². The number of ether oxygens (including phenoxy) is 2. The highest BCUT2D eigenvalue weighted by atomic mass is 32.2. The number of sulfonamides is 1. The van der Waals surface area contributed by atoms with Crippen LogP contribution in [-0.2, 0) is 20.9 Å². The molecule has 0 unspecified atom stereocenters. The summed E-state index contributed by atoms with van der Waals surface area (Å²) in [5.74, 6) is -0.595. The Balaban J connectivity index is 1.60. The predicted molar refractivity (Wildman–Crippen MR) is 90.2 cm³/mol. The van der Waals surface area contributed by atoms with Crippen LogP contribution in [0.2, 0.25) is 0 Å². The summed E-state index contributed by atoms with van der Waals surface area (Å²) >= 11 is 0. The van der Waals surface area contributed by atoms with Crippen molar-refractivity contribution in [1.29, 1.82) is 0 Å². The van der Waals surface area contributed by atoms with Gasteiger partial charge in [-0.15, -0.1) is 0 Å². The third kappa shape index (κ3) is 4.09. The quantitative estimate of drug-likeness (QED) is 0.696. The number of aromatic nitrogens is 1. The molecule has 0 N–H and O–H groups in total. The van der Waals surface area contributed by atoms with Crippen molar-refractivity contribution in [2.75, 3.05) is 20.2 Å². The molecule has 7 nitrogen and oxygen atoms in total. The highest BCUT2D eigenvalue weighted by Gasteiger charge is 2.38.